The molecule has 1 heterocycles. The molecule has 0 aliphatic carbocycles. The molecule has 0 saturated carbocycles. The van der Waals surface area contributed by atoms with E-state index in [0.717, 1.165) is 11.1 Å². The lowest BCUT2D eigenvalue weighted by Gasteiger charge is -2.03. The topological polar surface area (TPSA) is 55.4 Å². The number of benzene rings is 2. The number of rotatable bonds is 2. The van der Waals surface area contributed by atoms with E-state index in [-0.39, 0.29) is 5.91 Å². The molecule has 0 radical (unpaired) electrons. The van der Waals surface area contributed by atoms with Gasteiger partial charge in [0.15, 0.2) is 0 Å². The fraction of sp³-hybridized carbons (Fsp3) is 0.0588. The number of halogens is 1. The van der Waals surface area contributed by atoms with E-state index in [1.165, 1.54) is 7.11 Å². The van der Waals surface area contributed by atoms with Crippen LogP contribution in [0.1, 0.15) is 21.5 Å². The highest BCUT2D eigenvalue weighted by molar-refractivity contribution is 6.37. The fourth-order valence-electron chi connectivity index (χ4n) is 2.33. The Bertz CT molecular complexity index is 811. The van der Waals surface area contributed by atoms with Crippen LogP contribution in [0.5, 0.6) is 0 Å². The largest absolute Gasteiger partial charge is 0.465 e. The Morgan fingerprint density at radius 2 is 2.00 bits per heavy atom. The average Bonchev–Trinajstić information content (AvgIpc) is 2.83. The van der Waals surface area contributed by atoms with Gasteiger partial charge in [-0.15, -0.1) is 0 Å². The van der Waals surface area contributed by atoms with Gasteiger partial charge in [0.05, 0.1) is 12.7 Å². The molecule has 1 N–H and O–H groups in total. The number of amides is 1. The van der Waals surface area contributed by atoms with Crippen LogP contribution in [-0.4, -0.2) is 19.0 Å². The molecule has 0 bridgehead atoms. The highest BCUT2D eigenvalue weighted by atomic mass is 35.5. The molecule has 0 atom stereocenters. The third-order valence-corrected chi connectivity index (χ3v) is 3.77. The van der Waals surface area contributed by atoms with Crippen LogP contribution in [-0.2, 0) is 9.53 Å². The smallest absolute Gasteiger partial charge is 0.337 e. The van der Waals surface area contributed by atoms with Crippen molar-refractivity contribution in [3.63, 3.8) is 0 Å². The van der Waals surface area contributed by atoms with Crippen molar-refractivity contribution in [2.75, 3.05) is 12.4 Å². The standard InChI is InChI=1S/C17H12ClNO3/c1-22-17(21)11-6-7-12-13(16(20)19-15(12)9-11)8-10-4-2-3-5-14(10)18/h2-9H,1H3,(H,19,20)/b13-8-. The van der Waals surface area contributed by atoms with Crippen molar-refractivity contribution in [3.05, 3.63) is 64.2 Å². The lowest BCUT2D eigenvalue weighted by atomic mass is 10.0. The van der Waals surface area contributed by atoms with E-state index in [2.05, 4.69) is 10.1 Å². The maximum absolute atomic E-state index is 12.2. The monoisotopic (exact) mass is 313 g/mol. The molecule has 2 aromatic rings. The summed E-state index contributed by atoms with van der Waals surface area (Å²) in [5.41, 5.74) is 2.99. The molecule has 1 amide bonds. The normalized spacial score (nSPS) is 14.6. The quantitative estimate of drug-likeness (QED) is 0.680. The zero-order valence-corrected chi connectivity index (χ0v) is 12.5. The van der Waals surface area contributed by atoms with Gasteiger partial charge in [-0.1, -0.05) is 35.9 Å². The summed E-state index contributed by atoms with van der Waals surface area (Å²) in [4.78, 5) is 23.7. The summed E-state index contributed by atoms with van der Waals surface area (Å²) >= 11 is 6.13. The van der Waals surface area contributed by atoms with Crippen LogP contribution in [0.15, 0.2) is 42.5 Å². The minimum atomic E-state index is -0.444. The summed E-state index contributed by atoms with van der Waals surface area (Å²) in [7, 11) is 1.32. The Hall–Kier alpha value is -2.59. The van der Waals surface area contributed by atoms with Crippen LogP contribution in [0.25, 0.3) is 11.6 Å². The van der Waals surface area contributed by atoms with Crippen molar-refractivity contribution in [1.82, 2.24) is 0 Å². The number of methoxy groups -OCH3 is 1. The van der Waals surface area contributed by atoms with E-state index >= 15 is 0 Å². The number of anilines is 1. The van der Waals surface area contributed by atoms with Gasteiger partial charge in [0, 0.05) is 21.8 Å². The summed E-state index contributed by atoms with van der Waals surface area (Å²) in [6.45, 7) is 0. The van der Waals surface area contributed by atoms with Crippen LogP contribution in [0.2, 0.25) is 5.02 Å². The minimum absolute atomic E-state index is 0.225. The van der Waals surface area contributed by atoms with Gasteiger partial charge in [0.1, 0.15) is 0 Å². The van der Waals surface area contributed by atoms with Gasteiger partial charge in [-0.3, -0.25) is 4.79 Å². The molecule has 4 nitrogen and oxygen atoms in total. The van der Waals surface area contributed by atoms with Crippen molar-refractivity contribution in [2.24, 2.45) is 0 Å². The van der Waals surface area contributed by atoms with E-state index in [0.29, 0.717) is 21.8 Å². The Morgan fingerprint density at radius 3 is 2.73 bits per heavy atom. The number of carbonyl (C=O) groups excluding carboxylic acids is 2. The zero-order valence-electron chi connectivity index (χ0n) is 11.7. The van der Waals surface area contributed by atoms with Crippen LogP contribution >= 0.6 is 11.6 Å². The van der Waals surface area contributed by atoms with E-state index in [9.17, 15) is 9.59 Å². The number of ether oxygens (including phenoxy) is 1. The van der Waals surface area contributed by atoms with Gasteiger partial charge in [0.2, 0.25) is 0 Å². The Morgan fingerprint density at radius 1 is 1.23 bits per heavy atom. The molecule has 0 spiro atoms. The molecular weight excluding hydrogens is 302 g/mol. The van der Waals surface area contributed by atoms with Gasteiger partial charge in [-0.25, -0.2) is 4.79 Å². The number of fused-ring (bicyclic) bond motifs is 1. The molecule has 0 saturated heterocycles. The molecule has 2 aromatic carbocycles. The number of carbonyl (C=O) groups is 2. The Labute approximate surface area is 132 Å². The summed E-state index contributed by atoms with van der Waals surface area (Å²) in [6.07, 6.45) is 1.74. The molecule has 0 unspecified atom stereocenters. The number of esters is 1. The molecule has 0 aromatic heterocycles. The molecule has 0 fully saturated rings. The summed E-state index contributed by atoms with van der Waals surface area (Å²) < 4.78 is 4.68. The van der Waals surface area contributed by atoms with Crippen LogP contribution < -0.4 is 5.32 Å². The first-order valence-electron chi connectivity index (χ1n) is 6.60. The van der Waals surface area contributed by atoms with E-state index in [4.69, 9.17) is 11.6 Å². The molecular formula is C17H12ClNO3. The van der Waals surface area contributed by atoms with Crippen molar-refractivity contribution in [1.29, 1.82) is 0 Å². The number of hydrogen-bond donors (Lipinski definition) is 1. The predicted molar refractivity (Wildman–Crippen MR) is 85.7 cm³/mol. The number of hydrogen-bond acceptors (Lipinski definition) is 3. The second kappa shape index (κ2) is 5.66. The maximum atomic E-state index is 12.2. The molecule has 1 aliphatic rings. The molecule has 22 heavy (non-hydrogen) atoms. The fourth-order valence-corrected chi connectivity index (χ4v) is 2.52. The second-order valence-corrected chi connectivity index (χ2v) is 5.19. The predicted octanol–water partition coefficient (Wildman–Crippen LogP) is 3.62. The lowest BCUT2D eigenvalue weighted by molar-refractivity contribution is -0.110. The SMILES string of the molecule is COC(=O)c1ccc2c(c1)NC(=O)/C2=C\c1ccccc1Cl. The molecule has 3 rings (SSSR count). The Balaban J connectivity index is 2.06. The average molecular weight is 314 g/mol. The first-order valence-corrected chi connectivity index (χ1v) is 6.98. The lowest BCUT2D eigenvalue weighted by Crippen LogP contribution is -2.04. The summed E-state index contributed by atoms with van der Waals surface area (Å²) in [6, 6.07) is 12.2. The second-order valence-electron chi connectivity index (χ2n) is 4.79. The van der Waals surface area contributed by atoms with Crippen molar-refractivity contribution in [3.8, 4) is 0 Å². The van der Waals surface area contributed by atoms with Crippen molar-refractivity contribution in [2.45, 2.75) is 0 Å². The van der Waals surface area contributed by atoms with Gasteiger partial charge < -0.3 is 10.1 Å². The molecule has 1 aliphatic heterocycles. The van der Waals surface area contributed by atoms with Crippen LogP contribution in [0.4, 0.5) is 5.69 Å². The summed E-state index contributed by atoms with van der Waals surface area (Å²) in [5.74, 6) is -0.669. The first-order chi connectivity index (χ1) is 10.6. The van der Waals surface area contributed by atoms with E-state index in [1.807, 2.05) is 18.2 Å². The van der Waals surface area contributed by atoms with E-state index in [1.54, 1.807) is 30.3 Å². The number of nitrogens with one attached hydrogen (secondary N) is 1. The first kappa shape index (κ1) is 14.4. The van der Waals surface area contributed by atoms with E-state index < -0.39 is 5.97 Å². The summed E-state index contributed by atoms with van der Waals surface area (Å²) in [5, 5.41) is 3.32. The van der Waals surface area contributed by atoms with Gasteiger partial charge in [0.25, 0.3) is 5.91 Å². The van der Waals surface area contributed by atoms with Crippen LogP contribution in [0, 0.1) is 0 Å². The third-order valence-electron chi connectivity index (χ3n) is 3.43. The molecule has 110 valence electrons. The zero-order chi connectivity index (χ0) is 15.7. The Kier molecular flexibility index (Phi) is 3.69. The van der Waals surface area contributed by atoms with Gasteiger partial charge in [-0.2, -0.15) is 0 Å². The third kappa shape index (κ3) is 2.49. The van der Waals surface area contributed by atoms with Crippen molar-refractivity contribution >= 4 is 40.8 Å². The highest BCUT2D eigenvalue weighted by Crippen LogP contribution is 2.34. The maximum Gasteiger partial charge on any atom is 0.337 e. The molecule has 5 heteroatoms. The highest BCUT2D eigenvalue weighted by Gasteiger charge is 2.25. The van der Waals surface area contributed by atoms with Crippen LogP contribution in [0.3, 0.4) is 0 Å². The minimum Gasteiger partial charge on any atom is -0.465 e. The van der Waals surface area contributed by atoms with Gasteiger partial charge in [-0.05, 0) is 29.8 Å². The van der Waals surface area contributed by atoms with Crippen molar-refractivity contribution < 1.29 is 14.3 Å². The van der Waals surface area contributed by atoms with Gasteiger partial charge >= 0.3 is 5.97 Å².